The zero-order valence-corrected chi connectivity index (χ0v) is 10.8. The fourth-order valence-corrected chi connectivity index (χ4v) is 1.83. The van der Waals surface area contributed by atoms with Crippen molar-refractivity contribution in [3.05, 3.63) is 48.0 Å². The third kappa shape index (κ3) is 2.38. The Balaban J connectivity index is 1.75. The molecule has 1 aliphatic heterocycles. The summed E-state index contributed by atoms with van der Waals surface area (Å²) in [6, 6.07) is 11.7. The first-order valence-electron chi connectivity index (χ1n) is 6.02. The molecule has 3 rings (SSSR count). The van der Waals surface area contributed by atoms with Crippen molar-refractivity contribution in [3.8, 4) is 23.0 Å². The molecule has 0 atom stereocenters. The number of methoxy groups -OCH3 is 1. The van der Waals surface area contributed by atoms with Crippen LogP contribution in [0.5, 0.6) is 23.0 Å². The van der Waals surface area contributed by atoms with E-state index in [0.717, 1.165) is 0 Å². The molecule has 0 bridgehead atoms. The standard InChI is InChI=1S/C15H12O5/c1-17-11-4-2-10(3-5-11)15(16)20-12-6-7-13-14(8-12)19-9-18-13/h2-8H,9H2,1H3. The van der Waals surface area contributed by atoms with Gasteiger partial charge in [0, 0.05) is 6.07 Å². The molecule has 1 heterocycles. The van der Waals surface area contributed by atoms with Gasteiger partial charge in [-0.05, 0) is 36.4 Å². The molecule has 0 saturated heterocycles. The molecule has 0 unspecified atom stereocenters. The second-order valence-electron chi connectivity index (χ2n) is 4.13. The fraction of sp³-hybridized carbons (Fsp3) is 0.133. The van der Waals surface area contributed by atoms with Crippen LogP contribution in [0.2, 0.25) is 0 Å². The van der Waals surface area contributed by atoms with Gasteiger partial charge < -0.3 is 18.9 Å². The highest BCUT2D eigenvalue weighted by atomic mass is 16.7. The van der Waals surface area contributed by atoms with Crippen molar-refractivity contribution in [2.24, 2.45) is 0 Å². The van der Waals surface area contributed by atoms with Crippen LogP contribution in [-0.2, 0) is 0 Å². The number of hydrogen-bond donors (Lipinski definition) is 0. The van der Waals surface area contributed by atoms with Crippen LogP contribution in [0.1, 0.15) is 10.4 Å². The number of fused-ring (bicyclic) bond motifs is 1. The summed E-state index contributed by atoms with van der Waals surface area (Å²) in [6.07, 6.45) is 0. The first-order chi connectivity index (χ1) is 9.76. The molecule has 5 nitrogen and oxygen atoms in total. The van der Waals surface area contributed by atoms with E-state index in [0.29, 0.717) is 28.6 Å². The number of benzene rings is 2. The number of hydrogen-bond acceptors (Lipinski definition) is 5. The summed E-state index contributed by atoms with van der Waals surface area (Å²) in [5.74, 6) is 1.88. The molecule has 102 valence electrons. The third-order valence-corrected chi connectivity index (χ3v) is 2.88. The molecule has 20 heavy (non-hydrogen) atoms. The summed E-state index contributed by atoms with van der Waals surface area (Å²) in [5.41, 5.74) is 0.448. The average molecular weight is 272 g/mol. The Morgan fingerprint density at radius 2 is 1.70 bits per heavy atom. The average Bonchev–Trinajstić information content (AvgIpc) is 2.95. The number of carbonyl (C=O) groups excluding carboxylic acids is 1. The molecule has 0 N–H and O–H groups in total. The van der Waals surface area contributed by atoms with Crippen LogP contribution < -0.4 is 18.9 Å². The van der Waals surface area contributed by atoms with Gasteiger partial charge in [-0.3, -0.25) is 0 Å². The Kier molecular flexibility index (Phi) is 3.16. The number of esters is 1. The quantitative estimate of drug-likeness (QED) is 0.635. The smallest absolute Gasteiger partial charge is 0.343 e. The van der Waals surface area contributed by atoms with Crippen LogP contribution in [0.15, 0.2) is 42.5 Å². The Bertz CT molecular complexity index is 633. The highest BCUT2D eigenvalue weighted by molar-refractivity contribution is 5.91. The normalized spacial score (nSPS) is 12.1. The van der Waals surface area contributed by atoms with Crippen LogP contribution in [0, 0.1) is 0 Å². The van der Waals surface area contributed by atoms with Gasteiger partial charge in [-0.2, -0.15) is 0 Å². The maximum absolute atomic E-state index is 12.0. The van der Waals surface area contributed by atoms with Crippen LogP contribution in [0.25, 0.3) is 0 Å². The van der Waals surface area contributed by atoms with Crippen molar-refractivity contribution in [1.82, 2.24) is 0 Å². The Labute approximate surface area is 115 Å². The van der Waals surface area contributed by atoms with Crippen LogP contribution in [-0.4, -0.2) is 19.9 Å². The van der Waals surface area contributed by atoms with Gasteiger partial charge in [-0.1, -0.05) is 0 Å². The highest BCUT2D eigenvalue weighted by Crippen LogP contribution is 2.35. The van der Waals surface area contributed by atoms with E-state index in [1.165, 1.54) is 0 Å². The van der Waals surface area contributed by atoms with Crippen LogP contribution >= 0.6 is 0 Å². The second-order valence-corrected chi connectivity index (χ2v) is 4.13. The molecule has 1 aliphatic rings. The molecule has 0 amide bonds. The molecular formula is C15H12O5. The predicted octanol–water partition coefficient (Wildman–Crippen LogP) is 2.64. The second kappa shape index (κ2) is 5.13. The summed E-state index contributed by atoms with van der Waals surface area (Å²) in [6.45, 7) is 0.186. The monoisotopic (exact) mass is 272 g/mol. The molecule has 5 heteroatoms. The van der Waals surface area contributed by atoms with Gasteiger partial charge in [-0.15, -0.1) is 0 Å². The molecule has 0 aliphatic carbocycles. The highest BCUT2D eigenvalue weighted by Gasteiger charge is 2.15. The molecule has 0 saturated carbocycles. The summed E-state index contributed by atoms with van der Waals surface area (Å²) in [4.78, 5) is 12.0. The van der Waals surface area contributed by atoms with Gasteiger partial charge in [-0.25, -0.2) is 4.79 Å². The summed E-state index contributed by atoms with van der Waals surface area (Å²) < 4.78 is 20.7. The van der Waals surface area contributed by atoms with Gasteiger partial charge >= 0.3 is 5.97 Å². The van der Waals surface area contributed by atoms with E-state index in [2.05, 4.69) is 0 Å². The minimum atomic E-state index is -0.438. The van der Waals surface area contributed by atoms with E-state index >= 15 is 0 Å². The van der Waals surface area contributed by atoms with E-state index in [1.807, 2.05) is 0 Å². The van der Waals surface area contributed by atoms with Gasteiger partial charge in [0.25, 0.3) is 0 Å². The number of ether oxygens (including phenoxy) is 4. The zero-order valence-electron chi connectivity index (χ0n) is 10.8. The number of carbonyl (C=O) groups is 1. The lowest BCUT2D eigenvalue weighted by Gasteiger charge is -2.06. The van der Waals surface area contributed by atoms with Gasteiger partial charge in [0.2, 0.25) is 6.79 Å². The first-order valence-corrected chi connectivity index (χ1v) is 6.02. The zero-order chi connectivity index (χ0) is 13.9. The van der Waals surface area contributed by atoms with Crippen molar-refractivity contribution in [2.45, 2.75) is 0 Å². The molecule has 0 radical (unpaired) electrons. The summed E-state index contributed by atoms with van der Waals surface area (Å²) in [7, 11) is 1.57. The van der Waals surface area contributed by atoms with E-state index in [4.69, 9.17) is 18.9 Å². The SMILES string of the molecule is COc1ccc(C(=O)Oc2ccc3c(c2)OCO3)cc1. The molecule has 0 spiro atoms. The number of rotatable bonds is 3. The van der Waals surface area contributed by atoms with Crippen molar-refractivity contribution in [2.75, 3.05) is 13.9 Å². The summed E-state index contributed by atoms with van der Waals surface area (Å²) in [5, 5.41) is 0. The minimum Gasteiger partial charge on any atom is -0.497 e. The maximum atomic E-state index is 12.0. The van der Waals surface area contributed by atoms with Gasteiger partial charge in [0.15, 0.2) is 11.5 Å². The lowest BCUT2D eigenvalue weighted by atomic mass is 10.2. The topological polar surface area (TPSA) is 54.0 Å². The molecule has 2 aromatic carbocycles. The maximum Gasteiger partial charge on any atom is 0.343 e. The minimum absolute atomic E-state index is 0.186. The third-order valence-electron chi connectivity index (χ3n) is 2.88. The van der Waals surface area contributed by atoms with E-state index in [1.54, 1.807) is 49.6 Å². The molecule has 0 fully saturated rings. The lowest BCUT2D eigenvalue weighted by molar-refractivity contribution is 0.0734. The van der Waals surface area contributed by atoms with E-state index in [9.17, 15) is 4.79 Å². The van der Waals surface area contributed by atoms with Gasteiger partial charge in [0.1, 0.15) is 11.5 Å². The largest absolute Gasteiger partial charge is 0.497 e. The predicted molar refractivity (Wildman–Crippen MR) is 70.5 cm³/mol. The van der Waals surface area contributed by atoms with Gasteiger partial charge in [0.05, 0.1) is 12.7 Å². The van der Waals surface area contributed by atoms with Crippen LogP contribution in [0.4, 0.5) is 0 Å². The lowest BCUT2D eigenvalue weighted by Crippen LogP contribution is -2.08. The fourth-order valence-electron chi connectivity index (χ4n) is 1.83. The van der Waals surface area contributed by atoms with Crippen LogP contribution in [0.3, 0.4) is 0 Å². The van der Waals surface area contributed by atoms with Crippen molar-refractivity contribution in [1.29, 1.82) is 0 Å². The molecule has 2 aromatic rings. The van der Waals surface area contributed by atoms with Crippen molar-refractivity contribution in [3.63, 3.8) is 0 Å². The molecule has 0 aromatic heterocycles. The Hall–Kier alpha value is -2.69. The van der Waals surface area contributed by atoms with Crippen molar-refractivity contribution >= 4 is 5.97 Å². The van der Waals surface area contributed by atoms with E-state index in [-0.39, 0.29) is 6.79 Å². The molecular weight excluding hydrogens is 260 g/mol. The first kappa shape index (κ1) is 12.3. The Morgan fingerprint density at radius 3 is 2.45 bits per heavy atom. The van der Waals surface area contributed by atoms with E-state index < -0.39 is 5.97 Å². The Morgan fingerprint density at radius 1 is 1.00 bits per heavy atom. The summed E-state index contributed by atoms with van der Waals surface area (Å²) >= 11 is 0. The van der Waals surface area contributed by atoms with Crippen molar-refractivity contribution < 1.29 is 23.7 Å².